The van der Waals surface area contributed by atoms with Gasteiger partial charge in [-0.25, -0.2) is 14.6 Å². The number of benzene rings is 2. The Morgan fingerprint density at radius 1 is 1.00 bits per heavy atom. The fourth-order valence-electron chi connectivity index (χ4n) is 6.42. The Hall–Kier alpha value is -5.12. The first-order valence-electron chi connectivity index (χ1n) is 16.7. The number of hydrazone groups is 1. The maximum Gasteiger partial charge on any atom is 0.328 e. The highest BCUT2D eigenvalue weighted by Gasteiger charge is 2.43. The molecule has 4 atom stereocenters. The van der Waals surface area contributed by atoms with Gasteiger partial charge in [0.25, 0.3) is 0 Å². The number of carboxylic acids is 2. The largest absolute Gasteiger partial charge is 0.493 e. The number of piperidine rings is 1. The van der Waals surface area contributed by atoms with E-state index in [-0.39, 0.29) is 46.9 Å². The lowest BCUT2D eigenvalue weighted by Crippen LogP contribution is -2.54. The number of aliphatic carboxylic acids is 2. The van der Waals surface area contributed by atoms with Crippen LogP contribution in [-0.4, -0.2) is 101 Å². The number of carbonyl (C=O) groups excluding carboxylic acids is 2. The number of fused-ring (bicyclic) bond motifs is 1. The van der Waals surface area contributed by atoms with Crippen LogP contribution in [0.5, 0.6) is 11.5 Å². The van der Waals surface area contributed by atoms with Gasteiger partial charge in [0.2, 0.25) is 11.8 Å². The molecule has 0 radical (unpaired) electrons. The number of methoxy groups -OCH3 is 2. The number of carbonyl (C=O) groups is 4. The number of nitrogens with two attached hydrogens (primary N) is 2. The number of rotatable bonds is 11. The zero-order valence-corrected chi connectivity index (χ0v) is 30.0. The summed E-state index contributed by atoms with van der Waals surface area (Å²) in [6.07, 6.45) is 7.06. The van der Waals surface area contributed by atoms with Gasteiger partial charge in [-0.2, -0.15) is 5.10 Å². The number of aliphatic hydroxyl groups excluding tert-OH is 1. The number of hydrogen-bond acceptors (Lipinski definition) is 11. The van der Waals surface area contributed by atoms with Crippen molar-refractivity contribution in [1.82, 2.24) is 15.2 Å². The van der Waals surface area contributed by atoms with Gasteiger partial charge in [0, 0.05) is 43.3 Å². The second-order valence-corrected chi connectivity index (χ2v) is 13.0. The van der Waals surface area contributed by atoms with Crippen LogP contribution in [-0.2, 0) is 19.2 Å². The minimum atomic E-state index is -1.26. The maximum absolute atomic E-state index is 13.7. The summed E-state index contributed by atoms with van der Waals surface area (Å²) in [4.78, 5) is 47.9. The van der Waals surface area contributed by atoms with Crippen molar-refractivity contribution in [3.63, 3.8) is 0 Å². The third kappa shape index (κ3) is 9.60. The Morgan fingerprint density at radius 3 is 2.19 bits per heavy atom. The molecule has 52 heavy (non-hydrogen) atoms. The van der Waals surface area contributed by atoms with Crippen molar-refractivity contribution >= 4 is 52.4 Å². The number of carboxylic acid groups (broad SMARTS) is 2. The molecule has 1 unspecified atom stereocenters. The molecular formula is C36H45ClN6O9. The van der Waals surface area contributed by atoms with Gasteiger partial charge < -0.3 is 46.5 Å². The predicted octanol–water partition coefficient (Wildman–Crippen LogP) is 3.06. The molecule has 2 aromatic carbocycles. The summed E-state index contributed by atoms with van der Waals surface area (Å²) in [6.45, 7) is 2.91. The lowest BCUT2D eigenvalue weighted by atomic mass is 9.76. The average molecular weight is 741 g/mol. The molecule has 280 valence electrons. The summed E-state index contributed by atoms with van der Waals surface area (Å²) in [5, 5.41) is 36.3. The van der Waals surface area contributed by atoms with Gasteiger partial charge in [0.1, 0.15) is 0 Å². The minimum Gasteiger partial charge on any atom is -0.493 e. The number of nitrogen functional groups attached to an aromatic ring is 2. The van der Waals surface area contributed by atoms with Gasteiger partial charge in [0.15, 0.2) is 11.5 Å². The van der Waals surface area contributed by atoms with Crippen molar-refractivity contribution in [2.75, 3.05) is 45.3 Å². The van der Waals surface area contributed by atoms with Crippen molar-refractivity contribution in [2.24, 2.45) is 16.9 Å². The quantitative estimate of drug-likeness (QED) is 0.111. The van der Waals surface area contributed by atoms with Crippen LogP contribution in [0.15, 0.2) is 59.7 Å². The average Bonchev–Trinajstić information content (AvgIpc) is 3.14. The summed E-state index contributed by atoms with van der Waals surface area (Å²) >= 11 is 6.11. The van der Waals surface area contributed by atoms with Crippen molar-refractivity contribution in [2.45, 2.75) is 50.8 Å². The van der Waals surface area contributed by atoms with Crippen LogP contribution in [0.4, 0.5) is 11.4 Å². The fraction of sp³-hybridized carbons (Fsp3) is 0.417. The second kappa shape index (κ2) is 17.9. The highest BCUT2D eigenvalue weighted by molar-refractivity contribution is 6.33. The Labute approximate surface area is 306 Å². The van der Waals surface area contributed by atoms with Crippen LogP contribution < -0.4 is 26.3 Å². The molecule has 1 saturated heterocycles. The summed E-state index contributed by atoms with van der Waals surface area (Å²) in [6, 6.07) is 8.27. The normalized spacial score (nSPS) is 19.9. The molecule has 2 aliphatic heterocycles. The van der Waals surface area contributed by atoms with Crippen molar-refractivity contribution < 1.29 is 44.0 Å². The Balaban J connectivity index is 0.000000677. The van der Waals surface area contributed by atoms with Crippen LogP contribution in [0, 0.1) is 11.8 Å². The number of amides is 2. The lowest BCUT2D eigenvalue weighted by molar-refractivity contribution is -0.142. The highest BCUT2D eigenvalue weighted by Crippen LogP contribution is 2.38. The molecule has 0 spiro atoms. The molecule has 15 nitrogen and oxygen atoms in total. The molecular weight excluding hydrogens is 696 g/mol. The third-order valence-corrected chi connectivity index (χ3v) is 9.58. The van der Waals surface area contributed by atoms with Crippen LogP contribution in [0.2, 0.25) is 5.02 Å². The van der Waals surface area contributed by atoms with Gasteiger partial charge in [-0.05, 0) is 68.5 Å². The molecule has 0 saturated carbocycles. The first-order chi connectivity index (χ1) is 24.7. The number of nitrogens with one attached hydrogen (secondary N) is 1. The van der Waals surface area contributed by atoms with Gasteiger partial charge in [-0.3, -0.25) is 9.59 Å². The second-order valence-electron chi connectivity index (χ2n) is 12.6. The van der Waals surface area contributed by atoms with Crippen LogP contribution in [0.3, 0.4) is 0 Å². The number of halogens is 1. The first-order valence-corrected chi connectivity index (χ1v) is 17.1. The number of hydrogen-bond donors (Lipinski definition) is 6. The van der Waals surface area contributed by atoms with Crippen LogP contribution >= 0.6 is 11.6 Å². The Kier molecular flexibility index (Phi) is 13.6. The molecule has 8 N–H and O–H groups in total. The summed E-state index contributed by atoms with van der Waals surface area (Å²) < 4.78 is 11.0. The van der Waals surface area contributed by atoms with E-state index in [1.54, 1.807) is 43.2 Å². The molecule has 2 amide bonds. The number of ether oxygens (including phenoxy) is 2. The monoisotopic (exact) mass is 740 g/mol. The van der Waals surface area contributed by atoms with E-state index >= 15 is 0 Å². The van der Waals surface area contributed by atoms with E-state index in [9.17, 15) is 24.3 Å². The molecule has 2 aromatic rings. The summed E-state index contributed by atoms with van der Waals surface area (Å²) in [5.41, 5.74) is 14.5. The fourth-order valence-corrected chi connectivity index (χ4v) is 6.66. The lowest BCUT2D eigenvalue weighted by Gasteiger charge is -2.43. The van der Waals surface area contributed by atoms with Crippen molar-refractivity contribution in [3.8, 4) is 11.5 Å². The molecule has 16 heteroatoms. The summed E-state index contributed by atoms with van der Waals surface area (Å²) in [7, 11) is 3.20. The zero-order chi connectivity index (χ0) is 38.1. The molecule has 2 heterocycles. The van der Waals surface area contributed by atoms with Gasteiger partial charge in [-0.15, -0.1) is 0 Å². The van der Waals surface area contributed by atoms with E-state index in [1.807, 2.05) is 18.2 Å². The van der Waals surface area contributed by atoms with Gasteiger partial charge >= 0.3 is 11.9 Å². The van der Waals surface area contributed by atoms with E-state index in [0.29, 0.717) is 67.3 Å². The van der Waals surface area contributed by atoms with Crippen molar-refractivity contribution in [1.29, 1.82) is 0 Å². The molecule has 0 bridgehead atoms. The standard InChI is InChI=1S/C32H41ClN6O5.C4H4O4/c1-18(36-17-26(40)20-14-24(33)29(35)25(34)15-20)31(41)38-12-10-21(11-13-38)39-32(42)23-7-5-4-6-22(23)30(37-39)19-8-9-27(43-2)28(16-19)44-3;5-3(6)1-2-4(7)8/h4-5,8-9,14-16,18,21-23,26,36,40H,6-7,10-13,17,34-35H2,1-3H3;1-2H,(H,5,6)(H,7,8)/b;2-1+/t18-,22-,23+,26?;/m0./s1. The number of likely N-dealkylation sites (tertiary alicyclic amines) is 1. The third-order valence-electron chi connectivity index (χ3n) is 9.27. The predicted molar refractivity (Wildman–Crippen MR) is 195 cm³/mol. The smallest absolute Gasteiger partial charge is 0.328 e. The molecule has 1 aliphatic carbocycles. The summed E-state index contributed by atoms with van der Waals surface area (Å²) in [5.74, 6) is -1.48. The van der Waals surface area contributed by atoms with E-state index in [2.05, 4.69) is 17.5 Å². The van der Waals surface area contributed by atoms with Gasteiger partial charge in [-0.1, -0.05) is 23.8 Å². The topological polar surface area (TPSA) is 230 Å². The number of aliphatic hydroxyl groups is 1. The molecule has 3 aliphatic rings. The van der Waals surface area contributed by atoms with E-state index in [0.717, 1.165) is 17.7 Å². The van der Waals surface area contributed by atoms with E-state index in [4.69, 9.17) is 47.9 Å². The Morgan fingerprint density at radius 2 is 1.62 bits per heavy atom. The van der Waals surface area contributed by atoms with E-state index < -0.39 is 24.1 Å². The zero-order valence-electron chi connectivity index (χ0n) is 29.2. The van der Waals surface area contributed by atoms with Gasteiger partial charge in [0.05, 0.1) is 60.4 Å². The van der Waals surface area contributed by atoms with Crippen molar-refractivity contribution in [3.05, 3.63) is 70.8 Å². The highest BCUT2D eigenvalue weighted by atomic mass is 35.5. The molecule has 5 rings (SSSR count). The molecule has 0 aromatic heterocycles. The number of allylic oxidation sites excluding steroid dienone is 2. The first kappa shape index (κ1) is 39.7. The molecule has 1 fully saturated rings. The number of nitrogens with zero attached hydrogens (tertiary/aromatic N) is 3. The maximum atomic E-state index is 13.7. The van der Waals surface area contributed by atoms with Crippen LogP contribution in [0.25, 0.3) is 0 Å². The SMILES string of the molecule is COc1ccc(C2=NN(C3CCN(C(=O)[C@H](C)NCC(O)c4cc(N)c(N)c(Cl)c4)CC3)C(=O)[C@@H]3CC=CC[C@H]23)cc1OC.O=C(O)/C=C/C(=O)O. The Bertz CT molecular complexity index is 1700. The van der Waals surface area contributed by atoms with Crippen LogP contribution in [0.1, 0.15) is 49.8 Å². The van der Waals surface area contributed by atoms with E-state index in [1.165, 1.54) is 0 Å². The number of anilines is 2. The minimum absolute atomic E-state index is 0.00787.